The number of rotatable bonds is 6. The maximum Gasteiger partial charge on any atom is 0.0584 e. The number of benzene rings is 1. The summed E-state index contributed by atoms with van der Waals surface area (Å²) in [6.07, 6.45) is 5.11. The zero-order valence-corrected chi connectivity index (χ0v) is 9.19. The fourth-order valence-corrected chi connectivity index (χ4v) is 1.33. The van der Waals surface area contributed by atoms with E-state index in [1.807, 2.05) is 18.2 Å². The lowest BCUT2D eigenvalue weighted by Gasteiger charge is -2.11. The van der Waals surface area contributed by atoms with Crippen LogP contribution in [-0.2, 0) is 0 Å². The quantitative estimate of drug-likeness (QED) is 0.745. The summed E-state index contributed by atoms with van der Waals surface area (Å²) in [6.45, 7) is 3.07. The molecule has 2 N–H and O–H groups in total. The molecular weight excluding hydrogens is 186 g/mol. The zero-order valence-electron chi connectivity index (χ0n) is 9.19. The second kappa shape index (κ2) is 7.21. The SMILES string of the molecule is CCC(CO)NC/C=C/c1ccccc1. The minimum absolute atomic E-state index is 0.204. The number of nitrogens with one attached hydrogen (secondary N) is 1. The third-order valence-electron chi connectivity index (χ3n) is 2.35. The van der Waals surface area contributed by atoms with Crippen molar-refractivity contribution in [3.63, 3.8) is 0 Å². The van der Waals surface area contributed by atoms with Gasteiger partial charge in [0.2, 0.25) is 0 Å². The monoisotopic (exact) mass is 205 g/mol. The van der Waals surface area contributed by atoms with Gasteiger partial charge in [-0.1, -0.05) is 49.4 Å². The Morgan fingerprint density at radius 3 is 2.67 bits per heavy atom. The molecule has 0 aliphatic carbocycles. The van der Waals surface area contributed by atoms with Gasteiger partial charge in [-0.3, -0.25) is 0 Å². The average molecular weight is 205 g/mol. The molecule has 0 fully saturated rings. The van der Waals surface area contributed by atoms with Gasteiger partial charge in [0.1, 0.15) is 0 Å². The Balaban J connectivity index is 2.28. The van der Waals surface area contributed by atoms with E-state index in [-0.39, 0.29) is 12.6 Å². The Bertz CT molecular complexity index is 278. The van der Waals surface area contributed by atoms with Gasteiger partial charge in [-0.05, 0) is 12.0 Å². The summed E-state index contributed by atoms with van der Waals surface area (Å²) in [4.78, 5) is 0. The minimum atomic E-state index is 0.204. The van der Waals surface area contributed by atoms with Crippen molar-refractivity contribution < 1.29 is 5.11 Å². The molecule has 0 bridgehead atoms. The van der Waals surface area contributed by atoms with Crippen molar-refractivity contribution in [2.45, 2.75) is 19.4 Å². The molecule has 1 unspecified atom stereocenters. The average Bonchev–Trinajstić information content (AvgIpc) is 2.31. The van der Waals surface area contributed by atoms with Crippen LogP contribution in [0.5, 0.6) is 0 Å². The summed E-state index contributed by atoms with van der Waals surface area (Å²) in [5.41, 5.74) is 1.20. The summed E-state index contributed by atoms with van der Waals surface area (Å²) >= 11 is 0. The van der Waals surface area contributed by atoms with Crippen LogP contribution in [0.15, 0.2) is 36.4 Å². The highest BCUT2D eigenvalue weighted by Crippen LogP contribution is 2.00. The van der Waals surface area contributed by atoms with E-state index in [1.54, 1.807) is 0 Å². The third kappa shape index (κ3) is 4.77. The van der Waals surface area contributed by atoms with Gasteiger partial charge in [0.15, 0.2) is 0 Å². The number of aliphatic hydroxyl groups is 1. The van der Waals surface area contributed by atoms with Crippen LogP contribution >= 0.6 is 0 Å². The van der Waals surface area contributed by atoms with Crippen LogP contribution in [0.25, 0.3) is 6.08 Å². The van der Waals surface area contributed by atoms with Gasteiger partial charge in [0, 0.05) is 12.6 Å². The number of aliphatic hydroxyl groups excluding tert-OH is 1. The first-order valence-corrected chi connectivity index (χ1v) is 5.42. The van der Waals surface area contributed by atoms with Gasteiger partial charge in [-0.15, -0.1) is 0 Å². The van der Waals surface area contributed by atoms with E-state index in [9.17, 15) is 0 Å². The molecule has 1 aromatic carbocycles. The first kappa shape index (κ1) is 12.0. The number of hydrogen-bond acceptors (Lipinski definition) is 2. The highest BCUT2D eigenvalue weighted by molar-refractivity contribution is 5.48. The lowest BCUT2D eigenvalue weighted by Crippen LogP contribution is -2.31. The predicted molar refractivity (Wildman–Crippen MR) is 64.6 cm³/mol. The van der Waals surface area contributed by atoms with E-state index in [0.717, 1.165) is 13.0 Å². The summed E-state index contributed by atoms with van der Waals surface area (Å²) in [5.74, 6) is 0. The van der Waals surface area contributed by atoms with Crippen molar-refractivity contribution in [2.75, 3.05) is 13.2 Å². The molecule has 1 aromatic rings. The van der Waals surface area contributed by atoms with E-state index in [0.29, 0.717) is 0 Å². The van der Waals surface area contributed by atoms with Crippen molar-refractivity contribution in [3.8, 4) is 0 Å². The Hall–Kier alpha value is -1.12. The predicted octanol–water partition coefficient (Wildman–Crippen LogP) is 2.06. The Kier molecular flexibility index (Phi) is 5.74. The maximum atomic E-state index is 8.96. The van der Waals surface area contributed by atoms with Crippen molar-refractivity contribution in [1.82, 2.24) is 5.32 Å². The van der Waals surface area contributed by atoms with Gasteiger partial charge < -0.3 is 10.4 Å². The van der Waals surface area contributed by atoms with Crippen LogP contribution in [0.2, 0.25) is 0 Å². The van der Waals surface area contributed by atoms with E-state index in [2.05, 4.69) is 36.5 Å². The van der Waals surface area contributed by atoms with Gasteiger partial charge in [0.25, 0.3) is 0 Å². The molecule has 0 heterocycles. The summed E-state index contributed by atoms with van der Waals surface area (Å²) in [6, 6.07) is 10.4. The fraction of sp³-hybridized carbons (Fsp3) is 0.385. The summed E-state index contributed by atoms with van der Waals surface area (Å²) < 4.78 is 0. The first-order chi connectivity index (χ1) is 7.36. The van der Waals surface area contributed by atoms with Crippen molar-refractivity contribution in [3.05, 3.63) is 42.0 Å². The van der Waals surface area contributed by atoms with Crippen LogP contribution in [0.1, 0.15) is 18.9 Å². The summed E-state index contributed by atoms with van der Waals surface area (Å²) in [7, 11) is 0. The largest absolute Gasteiger partial charge is 0.395 e. The van der Waals surface area contributed by atoms with E-state index >= 15 is 0 Å². The van der Waals surface area contributed by atoms with Gasteiger partial charge in [-0.2, -0.15) is 0 Å². The second-order valence-corrected chi connectivity index (χ2v) is 3.51. The second-order valence-electron chi connectivity index (χ2n) is 3.51. The molecule has 0 radical (unpaired) electrons. The van der Waals surface area contributed by atoms with E-state index in [1.165, 1.54) is 5.56 Å². The summed E-state index contributed by atoms with van der Waals surface area (Å²) in [5, 5.41) is 12.2. The van der Waals surface area contributed by atoms with Crippen LogP contribution in [-0.4, -0.2) is 24.3 Å². The molecule has 0 saturated heterocycles. The van der Waals surface area contributed by atoms with Gasteiger partial charge in [-0.25, -0.2) is 0 Å². The molecule has 0 aliphatic heterocycles. The van der Waals surface area contributed by atoms with Crippen LogP contribution in [0.4, 0.5) is 0 Å². The standard InChI is InChI=1S/C13H19NO/c1-2-13(11-15)14-10-6-9-12-7-4-3-5-8-12/h3-9,13-15H,2,10-11H2,1H3/b9-6+. The van der Waals surface area contributed by atoms with Crippen LogP contribution in [0, 0.1) is 0 Å². The molecule has 0 spiro atoms. The number of hydrogen-bond donors (Lipinski definition) is 2. The van der Waals surface area contributed by atoms with Crippen molar-refractivity contribution in [1.29, 1.82) is 0 Å². The molecule has 0 saturated carbocycles. The van der Waals surface area contributed by atoms with Crippen LogP contribution < -0.4 is 5.32 Å². The minimum Gasteiger partial charge on any atom is -0.395 e. The fourth-order valence-electron chi connectivity index (χ4n) is 1.33. The lowest BCUT2D eigenvalue weighted by atomic mass is 10.2. The molecule has 0 aliphatic rings. The highest BCUT2D eigenvalue weighted by Gasteiger charge is 1.99. The van der Waals surface area contributed by atoms with Crippen LogP contribution in [0.3, 0.4) is 0 Å². The molecule has 1 rings (SSSR count). The first-order valence-electron chi connectivity index (χ1n) is 5.42. The molecule has 2 heteroatoms. The van der Waals surface area contributed by atoms with E-state index < -0.39 is 0 Å². The third-order valence-corrected chi connectivity index (χ3v) is 2.35. The smallest absolute Gasteiger partial charge is 0.0584 e. The Morgan fingerprint density at radius 1 is 1.33 bits per heavy atom. The highest BCUT2D eigenvalue weighted by atomic mass is 16.3. The molecular formula is C13H19NO. The molecule has 0 amide bonds. The van der Waals surface area contributed by atoms with Gasteiger partial charge >= 0.3 is 0 Å². The molecule has 2 nitrogen and oxygen atoms in total. The topological polar surface area (TPSA) is 32.3 Å². The Labute approximate surface area is 91.6 Å². The van der Waals surface area contributed by atoms with Gasteiger partial charge in [0.05, 0.1) is 6.61 Å². The molecule has 1 atom stereocenters. The lowest BCUT2D eigenvalue weighted by molar-refractivity contribution is 0.242. The van der Waals surface area contributed by atoms with Crippen molar-refractivity contribution in [2.24, 2.45) is 0 Å². The maximum absolute atomic E-state index is 8.96. The zero-order chi connectivity index (χ0) is 10.9. The normalized spacial score (nSPS) is 13.2. The van der Waals surface area contributed by atoms with Crippen molar-refractivity contribution >= 4 is 6.08 Å². The molecule has 0 aromatic heterocycles. The molecule has 82 valence electrons. The molecule has 15 heavy (non-hydrogen) atoms. The Morgan fingerprint density at radius 2 is 2.07 bits per heavy atom. The van der Waals surface area contributed by atoms with E-state index in [4.69, 9.17) is 5.11 Å².